The summed E-state index contributed by atoms with van der Waals surface area (Å²) in [6, 6.07) is 16.3. The number of ether oxygens (including phenoxy) is 1. The zero-order valence-corrected chi connectivity index (χ0v) is 17.1. The van der Waals surface area contributed by atoms with Gasteiger partial charge in [0.25, 0.3) is 0 Å². The van der Waals surface area contributed by atoms with Crippen LogP contribution in [-0.4, -0.2) is 40.8 Å². The number of carbonyl (C=O) groups is 3. The third-order valence-corrected chi connectivity index (χ3v) is 6.46. The maximum absolute atomic E-state index is 12.7. The van der Waals surface area contributed by atoms with Crippen LogP contribution >= 0.6 is 0 Å². The fraction of sp³-hybridized carbons (Fsp3) is 0.375. The number of rotatable bonds is 8. The van der Waals surface area contributed by atoms with Crippen molar-refractivity contribution in [1.29, 1.82) is 0 Å². The number of anilines is 1. The van der Waals surface area contributed by atoms with E-state index in [1.165, 1.54) is 0 Å². The van der Waals surface area contributed by atoms with Crippen molar-refractivity contribution >= 4 is 23.2 Å². The van der Waals surface area contributed by atoms with Gasteiger partial charge < -0.3 is 20.9 Å². The average Bonchev–Trinajstić information content (AvgIpc) is 3.24. The smallest absolute Gasteiger partial charge is 0.324 e. The second-order valence-electron chi connectivity index (χ2n) is 8.38. The predicted molar refractivity (Wildman–Crippen MR) is 115 cm³/mol. The van der Waals surface area contributed by atoms with Gasteiger partial charge in [-0.25, -0.2) is 0 Å². The lowest BCUT2D eigenvalue weighted by atomic mass is 9.66. The van der Waals surface area contributed by atoms with Crippen molar-refractivity contribution in [2.75, 3.05) is 11.9 Å². The lowest BCUT2D eigenvalue weighted by Crippen LogP contribution is -2.59. The standard InChI is InChI=1S/C24H26N2O5/c25-24(23(29)30,13-20(27)21(28)14-31-15-7-2-1-3-8-15)22-16-9-4-5-11-18(16)26-19-12-6-10-17(19)22/h1-5,7-9,11,17,19,22,26H,6,10,12-14,25H2,(H,29,30). The maximum Gasteiger partial charge on any atom is 0.324 e. The van der Waals surface area contributed by atoms with E-state index in [2.05, 4.69) is 5.32 Å². The first-order valence-electron chi connectivity index (χ1n) is 10.5. The number of hydrogen-bond acceptors (Lipinski definition) is 6. The topological polar surface area (TPSA) is 119 Å². The molecule has 1 fully saturated rings. The summed E-state index contributed by atoms with van der Waals surface area (Å²) >= 11 is 0. The highest BCUT2D eigenvalue weighted by Crippen LogP contribution is 2.50. The van der Waals surface area contributed by atoms with Crippen molar-refractivity contribution in [2.24, 2.45) is 11.7 Å². The Labute approximate surface area is 180 Å². The van der Waals surface area contributed by atoms with E-state index >= 15 is 0 Å². The van der Waals surface area contributed by atoms with Crippen molar-refractivity contribution in [3.63, 3.8) is 0 Å². The third-order valence-electron chi connectivity index (χ3n) is 6.46. The van der Waals surface area contributed by atoms with Gasteiger partial charge in [0.1, 0.15) is 11.3 Å². The number of carboxylic acid groups (broad SMARTS) is 1. The molecule has 2 aromatic carbocycles. The van der Waals surface area contributed by atoms with E-state index in [0.717, 1.165) is 30.5 Å². The molecule has 1 aliphatic heterocycles. The first-order valence-corrected chi connectivity index (χ1v) is 10.5. The van der Waals surface area contributed by atoms with Crippen LogP contribution in [0.3, 0.4) is 0 Å². The molecule has 7 heteroatoms. The summed E-state index contributed by atoms with van der Waals surface area (Å²) in [6.07, 6.45) is 2.13. The van der Waals surface area contributed by atoms with E-state index in [4.69, 9.17) is 10.5 Å². The first kappa shape index (κ1) is 21.1. The largest absolute Gasteiger partial charge is 0.485 e. The van der Waals surface area contributed by atoms with Crippen molar-refractivity contribution in [3.8, 4) is 5.75 Å². The highest BCUT2D eigenvalue weighted by molar-refractivity contribution is 6.38. The molecule has 4 unspecified atom stereocenters. The number of nitrogens with one attached hydrogen (secondary N) is 1. The molecule has 4 N–H and O–H groups in total. The molecule has 162 valence electrons. The monoisotopic (exact) mass is 422 g/mol. The third kappa shape index (κ3) is 4.05. The second kappa shape index (κ2) is 8.51. The molecule has 0 radical (unpaired) electrons. The minimum absolute atomic E-state index is 0.0144. The zero-order chi connectivity index (χ0) is 22.0. The number of carboxylic acids is 1. The number of benzene rings is 2. The molecule has 0 spiro atoms. The number of para-hydroxylation sites is 2. The number of nitrogens with two attached hydrogens (primary N) is 1. The van der Waals surface area contributed by atoms with Crippen LogP contribution in [0.15, 0.2) is 54.6 Å². The van der Waals surface area contributed by atoms with Crippen LogP contribution in [0, 0.1) is 5.92 Å². The van der Waals surface area contributed by atoms with Gasteiger partial charge in [-0.05, 0) is 42.5 Å². The first-order chi connectivity index (χ1) is 14.9. The lowest BCUT2D eigenvalue weighted by molar-refractivity contribution is -0.148. The van der Waals surface area contributed by atoms with E-state index < -0.39 is 42.0 Å². The van der Waals surface area contributed by atoms with Gasteiger partial charge in [0, 0.05) is 24.1 Å². The van der Waals surface area contributed by atoms with Gasteiger partial charge in [-0.2, -0.15) is 0 Å². The molecule has 4 atom stereocenters. The molecule has 0 amide bonds. The Hall–Kier alpha value is -3.19. The number of aliphatic carboxylic acids is 1. The quantitative estimate of drug-likeness (QED) is 0.560. The van der Waals surface area contributed by atoms with Crippen LogP contribution in [0.25, 0.3) is 0 Å². The summed E-state index contributed by atoms with van der Waals surface area (Å²) in [5.41, 5.74) is 6.24. The molecule has 0 aromatic heterocycles. The minimum Gasteiger partial charge on any atom is -0.485 e. The highest BCUT2D eigenvalue weighted by atomic mass is 16.5. The van der Waals surface area contributed by atoms with Crippen molar-refractivity contribution < 1.29 is 24.2 Å². The predicted octanol–water partition coefficient (Wildman–Crippen LogP) is 2.75. The van der Waals surface area contributed by atoms with Crippen molar-refractivity contribution in [2.45, 2.75) is 43.2 Å². The molecule has 1 heterocycles. The van der Waals surface area contributed by atoms with Gasteiger partial charge in [0.15, 0.2) is 6.61 Å². The molecule has 0 saturated heterocycles. The fourth-order valence-corrected chi connectivity index (χ4v) is 4.99. The Morgan fingerprint density at radius 1 is 1.03 bits per heavy atom. The number of fused-ring (bicyclic) bond motifs is 2. The molecule has 2 aliphatic rings. The summed E-state index contributed by atoms with van der Waals surface area (Å²) in [5, 5.41) is 13.6. The Morgan fingerprint density at radius 3 is 2.48 bits per heavy atom. The van der Waals surface area contributed by atoms with Gasteiger partial charge in [0.2, 0.25) is 11.6 Å². The van der Waals surface area contributed by atoms with Gasteiger partial charge in [0.05, 0.1) is 0 Å². The van der Waals surface area contributed by atoms with Crippen LogP contribution in [0.1, 0.15) is 37.2 Å². The Morgan fingerprint density at radius 2 is 1.74 bits per heavy atom. The fourth-order valence-electron chi connectivity index (χ4n) is 4.99. The van der Waals surface area contributed by atoms with Crippen molar-refractivity contribution in [3.05, 3.63) is 60.2 Å². The molecule has 1 saturated carbocycles. The van der Waals surface area contributed by atoms with E-state index in [-0.39, 0.29) is 12.0 Å². The summed E-state index contributed by atoms with van der Waals surface area (Å²) in [5.74, 6) is -3.01. The number of hydrogen-bond donors (Lipinski definition) is 3. The van der Waals surface area contributed by atoms with Gasteiger partial charge in [-0.3, -0.25) is 14.4 Å². The number of carbonyl (C=O) groups excluding carboxylic acids is 2. The van der Waals surface area contributed by atoms with E-state index in [9.17, 15) is 19.5 Å². The Bertz CT molecular complexity index is 992. The second-order valence-corrected chi connectivity index (χ2v) is 8.38. The van der Waals surface area contributed by atoms with Gasteiger partial charge in [-0.1, -0.05) is 42.8 Å². The molecule has 1 aliphatic carbocycles. The Kier molecular flexibility index (Phi) is 5.78. The molecular weight excluding hydrogens is 396 g/mol. The molecular formula is C24H26N2O5. The molecule has 31 heavy (non-hydrogen) atoms. The van der Waals surface area contributed by atoms with Crippen LogP contribution < -0.4 is 15.8 Å². The molecule has 4 rings (SSSR count). The minimum atomic E-state index is -1.88. The number of Topliss-reactive ketones (excluding diaryl/α,β-unsaturated/α-hetero) is 2. The SMILES string of the molecule is NC(CC(=O)C(=O)COc1ccccc1)(C(=O)O)C1c2ccccc2NC2CCCC21. The maximum atomic E-state index is 12.7. The lowest BCUT2D eigenvalue weighted by Gasteiger charge is -2.44. The summed E-state index contributed by atoms with van der Waals surface area (Å²) in [4.78, 5) is 37.6. The van der Waals surface area contributed by atoms with Gasteiger partial charge in [-0.15, -0.1) is 0 Å². The molecule has 7 nitrogen and oxygen atoms in total. The zero-order valence-electron chi connectivity index (χ0n) is 17.1. The molecule has 2 aromatic rings. The van der Waals surface area contributed by atoms with Gasteiger partial charge >= 0.3 is 5.97 Å². The van der Waals surface area contributed by atoms with Crippen LogP contribution in [0.4, 0.5) is 5.69 Å². The van der Waals surface area contributed by atoms with Crippen LogP contribution in [0.5, 0.6) is 5.75 Å². The number of ketones is 2. The summed E-state index contributed by atoms with van der Waals surface area (Å²) < 4.78 is 5.37. The highest BCUT2D eigenvalue weighted by Gasteiger charge is 2.53. The normalized spacial score (nSPS) is 23.6. The Balaban J connectivity index is 1.57. The average molecular weight is 422 g/mol. The van der Waals surface area contributed by atoms with E-state index in [1.54, 1.807) is 24.3 Å². The van der Waals surface area contributed by atoms with E-state index in [0.29, 0.717) is 5.75 Å². The summed E-state index contributed by atoms with van der Waals surface area (Å²) in [7, 11) is 0. The van der Waals surface area contributed by atoms with E-state index in [1.807, 2.05) is 30.3 Å². The summed E-state index contributed by atoms with van der Waals surface area (Å²) in [6.45, 7) is -0.451. The van der Waals surface area contributed by atoms with Crippen LogP contribution in [-0.2, 0) is 14.4 Å². The van der Waals surface area contributed by atoms with Crippen LogP contribution in [0.2, 0.25) is 0 Å². The van der Waals surface area contributed by atoms with Crippen molar-refractivity contribution in [1.82, 2.24) is 0 Å². The molecule has 0 bridgehead atoms.